The van der Waals surface area contributed by atoms with Crippen LogP contribution in [0.1, 0.15) is 5.56 Å². The number of aromatic nitrogens is 2. The maximum atomic E-state index is 5.62. The Labute approximate surface area is 175 Å². The lowest BCUT2D eigenvalue weighted by atomic mass is 10.2. The highest BCUT2D eigenvalue weighted by Gasteiger charge is 2.12. The third-order valence-electron chi connectivity index (χ3n) is 4.28. The number of rotatable bonds is 6. The van der Waals surface area contributed by atoms with E-state index < -0.39 is 0 Å². The number of anilines is 4. The van der Waals surface area contributed by atoms with Crippen molar-refractivity contribution in [3.05, 3.63) is 103 Å². The third-order valence-corrected chi connectivity index (χ3v) is 4.60. The molecule has 0 radical (unpaired) electrons. The summed E-state index contributed by atoms with van der Waals surface area (Å²) in [4.78, 5) is 0. The first-order valence-electron chi connectivity index (χ1n) is 9.34. The average Bonchev–Trinajstić information content (AvgIpc) is 3.16. The molecule has 144 valence electrons. The van der Waals surface area contributed by atoms with Gasteiger partial charge in [-0.15, -0.1) is 5.10 Å². The Kier molecular flexibility index (Phi) is 5.83. The van der Waals surface area contributed by atoms with Gasteiger partial charge in [-0.05, 0) is 42.0 Å². The minimum atomic E-state index is 0.522. The number of para-hydroxylation sites is 2. The van der Waals surface area contributed by atoms with Gasteiger partial charge in [-0.3, -0.25) is 0 Å². The van der Waals surface area contributed by atoms with Crippen molar-refractivity contribution in [1.29, 1.82) is 0 Å². The van der Waals surface area contributed by atoms with Crippen LogP contribution in [0.4, 0.5) is 23.0 Å². The molecule has 0 aliphatic heterocycles. The van der Waals surface area contributed by atoms with Crippen molar-refractivity contribution in [2.24, 2.45) is 0 Å². The second-order valence-corrected chi connectivity index (χ2v) is 6.84. The maximum Gasteiger partial charge on any atom is 0.196 e. The second kappa shape index (κ2) is 9.03. The maximum absolute atomic E-state index is 5.62. The highest BCUT2D eigenvalue weighted by atomic mass is 32.1. The quantitative estimate of drug-likeness (QED) is 0.385. The molecule has 4 aromatic rings. The Hall–Kier alpha value is -3.64. The SMILES string of the molecule is S=C(NCc1ccccc1)n1nc(Nc2ccccc2)cc1Nc1ccccc1. The lowest BCUT2D eigenvalue weighted by Crippen LogP contribution is -2.29. The number of benzene rings is 3. The van der Waals surface area contributed by atoms with Gasteiger partial charge in [0.15, 0.2) is 10.9 Å². The summed E-state index contributed by atoms with van der Waals surface area (Å²) in [7, 11) is 0. The van der Waals surface area contributed by atoms with Crippen molar-refractivity contribution in [3.8, 4) is 0 Å². The number of hydrogen-bond donors (Lipinski definition) is 3. The molecule has 0 bridgehead atoms. The van der Waals surface area contributed by atoms with Gasteiger partial charge in [0.1, 0.15) is 5.82 Å². The molecule has 0 saturated heterocycles. The summed E-state index contributed by atoms with van der Waals surface area (Å²) < 4.78 is 1.70. The molecule has 6 heteroatoms. The molecule has 0 fully saturated rings. The zero-order valence-corrected chi connectivity index (χ0v) is 16.6. The molecule has 0 saturated carbocycles. The van der Waals surface area contributed by atoms with Gasteiger partial charge in [-0.1, -0.05) is 66.7 Å². The van der Waals surface area contributed by atoms with E-state index in [1.165, 1.54) is 0 Å². The fourth-order valence-corrected chi connectivity index (χ4v) is 3.08. The van der Waals surface area contributed by atoms with E-state index in [1.807, 2.05) is 84.9 Å². The minimum absolute atomic E-state index is 0.522. The van der Waals surface area contributed by atoms with Crippen LogP contribution >= 0.6 is 12.2 Å². The largest absolute Gasteiger partial charge is 0.357 e. The summed E-state index contributed by atoms with van der Waals surface area (Å²) in [5.74, 6) is 1.48. The fourth-order valence-electron chi connectivity index (χ4n) is 2.87. The van der Waals surface area contributed by atoms with Gasteiger partial charge < -0.3 is 16.0 Å². The van der Waals surface area contributed by atoms with Crippen LogP contribution in [-0.4, -0.2) is 14.9 Å². The Bertz CT molecular complexity index is 1060. The molecule has 29 heavy (non-hydrogen) atoms. The van der Waals surface area contributed by atoms with Crippen LogP contribution in [0.2, 0.25) is 0 Å². The van der Waals surface area contributed by atoms with Crippen molar-refractivity contribution in [2.45, 2.75) is 6.54 Å². The average molecular weight is 400 g/mol. The molecule has 1 aromatic heterocycles. The van der Waals surface area contributed by atoms with Gasteiger partial charge in [-0.25, -0.2) is 0 Å². The highest BCUT2D eigenvalue weighted by molar-refractivity contribution is 7.80. The summed E-state index contributed by atoms with van der Waals surface area (Å²) in [6.45, 7) is 0.631. The topological polar surface area (TPSA) is 53.9 Å². The number of thiocarbonyl (C=S) groups is 1. The van der Waals surface area contributed by atoms with E-state index in [1.54, 1.807) is 4.68 Å². The van der Waals surface area contributed by atoms with Crippen LogP contribution in [0.3, 0.4) is 0 Å². The molecule has 5 nitrogen and oxygen atoms in total. The van der Waals surface area contributed by atoms with E-state index in [9.17, 15) is 0 Å². The molecule has 0 unspecified atom stereocenters. The van der Waals surface area contributed by atoms with Crippen molar-refractivity contribution < 1.29 is 0 Å². The molecule has 0 spiro atoms. The van der Waals surface area contributed by atoms with E-state index in [-0.39, 0.29) is 0 Å². The monoisotopic (exact) mass is 399 g/mol. The van der Waals surface area contributed by atoms with E-state index >= 15 is 0 Å². The van der Waals surface area contributed by atoms with Crippen molar-refractivity contribution in [3.63, 3.8) is 0 Å². The first-order valence-corrected chi connectivity index (χ1v) is 9.75. The first kappa shape index (κ1) is 18.7. The second-order valence-electron chi connectivity index (χ2n) is 6.45. The molecular formula is C23H21N5S. The van der Waals surface area contributed by atoms with Gasteiger partial charge in [0, 0.05) is 24.0 Å². The van der Waals surface area contributed by atoms with Gasteiger partial charge in [0.05, 0.1) is 0 Å². The zero-order chi connectivity index (χ0) is 19.9. The number of hydrogen-bond acceptors (Lipinski definition) is 4. The first-order chi connectivity index (χ1) is 14.3. The smallest absolute Gasteiger partial charge is 0.196 e. The van der Waals surface area contributed by atoms with Crippen molar-refractivity contribution in [2.75, 3.05) is 10.6 Å². The summed E-state index contributed by atoms with van der Waals surface area (Å²) in [6.07, 6.45) is 0. The Morgan fingerprint density at radius 1 is 0.759 bits per heavy atom. The molecule has 3 aromatic carbocycles. The summed E-state index contributed by atoms with van der Waals surface area (Å²) in [5, 5.41) is 15.2. The van der Waals surface area contributed by atoms with Crippen LogP contribution in [0.15, 0.2) is 97.1 Å². The van der Waals surface area contributed by atoms with E-state index in [4.69, 9.17) is 12.2 Å². The minimum Gasteiger partial charge on any atom is -0.357 e. The molecule has 3 N–H and O–H groups in total. The van der Waals surface area contributed by atoms with Gasteiger partial charge in [0.25, 0.3) is 0 Å². The molecular weight excluding hydrogens is 378 g/mol. The van der Waals surface area contributed by atoms with E-state index in [0.717, 1.165) is 22.8 Å². The molecule has 0 aliphatic rings. The molecule has 0 amide bonds. The van der Waals surface area contributed by atoms with Crippen LogP contribution < -0.4 is 16.0 Å². The molecule has 4 rings (SSSR count). The van der Waals surface area contributed by atoms with Crippen molar-refractivity contribution in [1.82, 2.24) is 15.1 Å². The van der Waals surface area contributed by atoms with Gasteiger partial charge >= 0.3 is 0 Å². The van der Waals surface area contributed by atoms with E-state index in [0.29, 0.717) is 17.5 Å². The lowest BCUT2D eigenvalue weighted by molar-refractivity contribution is 0.842. The van der Waals surface area contributed by atoms with Crippen LogP contribution in [0.5, 0.6) is 0 Å². The zero-order valence-electron chi connectivity index (χ0n) is 15.7. The van der Waals surface area contributed by atoms with Crippen LogP contribution in [-0.2, 0) is 6.54 Å². The summed E-state index contributed by atoms with van der Waals surface area (Å²) in [6, 6.07) is 32.0. The Balaban J connectivity index is 1.56. The van der Waals surface area contributed by atoms with Crippen LogP contribution in [0.25, 0.3) is 0 Å². The normalized spacial score (nSPS) is 10.3. The van der Waals surface area contributed by atoms with Gasteiger partial charge in [0.2, 0.25) is 0 Å². The summed E-state index contributed by atoms with van der Waals surface area (Å²) in [5.41, 5.74) is 3.08. The third kappa shape index (κ3) is 5.00. The van der Waals surface area contributed by atoms with Crippen LogP contribution in [0, 0.1) is 0 Å². The fraction of sp³-hybridized carbons (Fsp3) is 0.0435. The Morgan fingerprint density at radius 3 is 1.93 bits per heavy atom. The lowest BCUT2D eigenvalue weighted by Gasteiger charge is -2.12. The Morgan fingerprint density at radius 2 is 1.31 bits per heavy atom. The standard InChI is InChI=1S/C23H21N5S/c29-23(24-17-18-10-4-1-5-11-18)28-22(26-20-14-8-3-9-15-20)16-21(27-28)25-19-12-6-2-7-13-19/h1-16,26H,17H2,(H,24,29)(H,25,27). The predicted molar refractivity (Wildman–Crippen MR) is 123 cm³/mol. The van der Waals surface area contributed by atoms with Gasteiger partial charge in [-0.2, -0.15) is 4.68 Å². The van der Waals surface area contributed by atoms with Crippen molar-refractivity contribution >= 4 is 40.3 Å². The molecule has 1 heterocycles. The molecule has 0 aliphatic carbocycles. The number of nitrogens with one attached hydrogen (secondary N) is 3. The predicted octanol–water partition coefficient (Wildman–Crippen LogP) is 5.29. The molecule has 0 atom stereocenters. The van der Waals surface area contributed by atoms with E-state index in [2.05, 4.69) is 33.2 Å². The highest BCUT2D eigenvalue weighted by Crippen LogP contribution is 2.22. The summed E-state index contributed by atoms with van der Waals surface area (Å²) >= 11 is 5.62. The number of nitrogens with zero attached hydrogens (tertiary/aromatic N) is 2.